The second kappa shape index (κ2) is 11.3. The third kappa shape index (κ3) is 5.55. The molecule has 0 heterocycles. The molecule has 0 amide bonds. The molecule has 0 radical (unpaired) electrons. The summed E-state index contributed by atoms with van der Waals surface area (Å²) < 4.78 is 11.7. The number of ether oxygens (including phenoxy) is 2. The molecule has 0 saturated heterocycles. The van der Waals surface area contributed by atoms with Crippen molar-refractivity contribution < 1.29 is 19.1 Å². The summed E-state index contributed by atoms with van der Waals surface area (Å²) in [6, 6.07) is 29.4. The van der Waals surface area contributed by atoms with E-state index in [9.17, 15) is 9.59 Å². The topological polar surface area (TPSA) is 52.6 Å². The van der Waals surface area contributed by atoms with E-state index in [2.05, 4.69) is 127 Å². The van der Waals surface area contributed by atoms with Gasteiger partial charge in [0.2, 0.25) is 0 Å². The molecule has 0 bridgehead atoms. The van der Waals surface area contributed by atoms with E-state index < -0.39 is 17.4 Å². The molecule has 4 aromatic carbocycles. The van der Waals surface area contributed by atoms with Gasteiger partial charge >= 0.3 is 11.9 Å². The van der Waals surface area contributed by atoms with Crippen molar-refractivity contribution in [3.8, 4) is 22.6 Å². The Morgan fingerprint density at radius 1 is 0.578 bits per heavy atom. The predicted octanol–water partition coefficient (Wildman–Crippen LogP) is 9.61. The van der Waals surface area contributed by atoms with Gasteiger partial charge in [0.1, 0.15) is 11.5 Å². The van der Waals surface area contributed by atoms with Gasteiger partial charge in [-0.15, -0.1) is 0 Å². The third-order valence-corrected chi connectivity index (χ3v) is 8.50. The van der Waals surface area contributed by atoms with Crippen molar-refractivity contribution in [1.29, 1.82) is 0 Å². The van der Waals surface area contributed by atoms with Crippen LogP contribution in [0.25, 0.3) is 11.1 Å². The standard InChI is InChI=1S/C41H42O4/c1-25(2)37(42)44-35-21-19-27(23-33(35)39(5,6)7)41(31-17-13-11-15-29(31)30-16-12-14-18-32(30)41)28-20-22-36(45-38(43)26(3)4)34(24-28)40(8,9)10/h11-24H,1,3H2,2,4-10H3. The maximum atomic E-state index is 12.7. The van der Waals surface area contributed by atoms with E-state index in [1.54, 1.807) is 13.8 Å². The lowest BCUT2D eigenvalue weighted by Gasteiger charge is -2.36. The summed E-state index contributed by atoms with van der Waals surface area (Å²) in [6.45, 7) is 23.6. The van der Waals surface area contributed by atoms with Crippen LogP contribution in [0.15, 0.2) is 109 Å². The normalized spacial score (nSPS) is 13.4. The van der Waals surface area contributed by atoms with Crippen molar-refractivity contribution in [2.45, 2.75) is 71.6 Å². The lowest BCUT2D eigenvalue weighted by Crippen LogP contribution is -2.30. The summed E-state index contributed by atoms with van der Waals surface area (Å²) in [5.41, 5.74) is 7.88. The van der Waals surface area contributed by atoms with Gasteiger partial charge in [0.15, 0.2) is 0 Å². The van der Waals surface area contributed by atoms with E-state index in [0.29, 0.717) is 22.6 Å². The maximum Gasteiger partial charge on any atom is 0.338 e. The molecule has 45 heavy (non-hydrogen) atoms. The zero-order valence-electron chi connectivity index (χ0n) is 27.6. The summed E-state index contributed by atoms with van der Waals surface area (Å²) in [5.74, 6) is 0.140. The van der Waals surface area contributed by atoms with Gasteiger partial charge in [-0.25, -0.2) is 9.59 Å². The van der Waals surface area contributed by atoms with E-state index in [1.807, 2.05) is 12.1 Å². The molecule has 0 N–H and O–H groups in total. The van der Waals surface area contributed by atoms with Crippen molar-refractivity contribution in [2.24, 2.45) is 0 Å². The van der Waals surface area contributed by atoms with Crippen LogP contribution in [0.3, 0.4) is 0 Å². The minimum atomic E-state index is -0.707. The van der Waals surface area contributed by atoms with Crippen LogP contribution in [0.4, 0.5) is 0 Å². The van der Waals surface area contributed by atoms with Gasteiger partial charge in [0.25, 0.3) is 0 Å². The second-order valence-electron chi connectivity index (χ2n) is 14.1. The molecule has 4 aromatic rings. The van der Waals surface area contributed by atoms with E-state index in [1.165, 1.54) is 11.1 Å². The molecule has 230 valence electrons. The van der Waals surface area contributed by atoms with Crippen LogP contribution >= 0.6 is 0 Å². The van der Waals surface area contributed by atoms with Gasteiger partial charge in [-0.3, -0.25) is 0 Å². The monoisotopic (exact) mass is 598 g/mol. The molecule has 0 unspecified atom stereocenters. The predicted molar refractivity (Wildman–Crippen MR) is 182 cm³/mol. The molecular formula is C41H42O4. The smallest absolute Gasteiger partial charge is 0.338 e. The van der Waals surface area contributed by atoms with Gasteiger partial charge in [-0.2, -0.15) is 0 Å². The molecule has 0 aromatic heterocycles. The Kier molecular flexibility index (Phi) is 7.99. The Morgan fingerprint density at radius 3 is 1.27 bits per heavy atom. The SMILES string of the molecule is C=C(C)C(=O)Oc1ccc(C2(c3ccc(OC(=O)C(=C)C)c(C(C)(C)C)c3)c3ccccc3-c3ccccc32)cc1C(C)(C)C. The van der Waals surface area contributed by atoms with Crippen molar-refractivity contribution in [3.63, 3.8) is 0 Å². The number of benzene rings is 4. The third-order valence-electron chi connectivity index (χ3n) is 8.50. The second-order valence-corrected chi connectivity index (χ2v) is 14.1. The fraction of sp³-hybridized carbons (Fsp3) is 0.268. The number of carbonyl (C=O) groups is 2. The van der Waals surface area contributed by atoms with Crippen molar-refractivity contribution in [3.05, 3.63) is 143 Å². The highest BCUT2D eigenvalue weighted by atomic mass is 16.5. The molecule has 1 aliphatic rings. The number of hydrogen-bond acceptors (Lipinski definition) is 4. The lowest BCUT2D eigenvalue weighted by atomic mass is 9.66. The highest BCUT2D eigenvalue weighted by Crippen LogP contribution is 2.57. The van der Waals surface area contributed by atoms with Crippen LogP contribution < -0.4 is 9.47 Å². The Morgan fingerprint density at radius 2 is 0.933 bits per heavy atom. The van der Waals surface area contributed by atoms with Gasteiger partial charge in [0, 0.05) is 22.3 Å². The van der Waals surface area contributed by atoms with E-state index in [4.69, 9.17) is 9.47 Å². The number of rotatable bonds is 6. The van der Waals surface area contributed by atoms with Crippen LogP contribution in [0.1, 0.15) is 88.8 Å². The molecule has 0 aliphatic heterocycles. The molecule has 4 nitrogen and oxygen atoms in total. The Balaban J connectivity index is 1.88. The average molecular weight is 599 g/mol. The first-order valence-electron chi connectivity index (χ1n) is 15.3. The van der Waals surface area contributed by atoms with Crippen LogP contribution in [-0.2, 0) is 25.8 Å². The molecule has 4 heteroatoms. The average Bonchev–Trinajstić information content (AvgIpc) is 3.27. The van der Waals surface area contributed by atoms with Crippen molar-refractivity contribution in [1.82, 2.24) is 0 Å². The quantitative estimate of drug-likeness (QED) is 0.111. The number of carbonyl (C=O) groups excluding carboxylic acids is 2. The largest absolute Gasteiger partial charge is 0.423 e. The van der Waals surface area contributed by atoms with Gasteiger partial charge < -0.3 is 9.47 Å². The Labute approximate surface area is 267 Å². The highest BCUT2D eigenvalue weighted by Gasteiger charge is 2.47. The molecule has 0 saturated carbocycles. The van der Waals surface area contributed by atoms with Gasteiger partial charge in [-0.1, -0.05) is 115 Å². The summed E-state index contributed by atoms with van der Waals surface area (Å²) >= 11 is 0. The Bertz CT molecular complexity index is 1720. The van der Waals surface area contributed by atoms with Crippen LogP contribution in [-0.4, -0.2) is 11.9 Å². The summed E-state index contributed by atoms with van der Waals surface area (Å²) in [5, 5.41) is 0. The van der Waals surface area contributed by atoms with E-state index in [0.717, 1.165) is 33.4 Å². The molecule has 5 rings (SSSR count). The van der Waals surface area contributed by atoms with Crippen molar-refractivity contribution in [2.75, 3.05) is 0 Å². The fourth-order valence-electron chi connectivity index (χ4n) is 6.27. The molecule has 1 aliphatic carbocycles. The van der Waals surface area contributed by atoms with E-state index in [-0.39, 0.29) is 10.8 Å². The molecular weight excluding hydrogens is 556 g/mol. The molecule has 0 spiro atoms. The number of esters is 2. The summed E-state index contributed by atoms with van der Waals surface area (Å²) in [6.07, 6.45) is 0. The first-order valence-corrected chi connectivity index (χ1v) is 15.3. The zero-order valence-corrected chi connectivity index (χ0v) is 27.6. The number of fused-ring (bicyclic) bond motifs is 3. The van der Waals surface area contributed by atoms with Crippen molar-refractivity contribution >= 4 is 11.9 Å². The lowest BCUT2D eigenvalue weighted by molar-refractivity contribution is -0.131. The first kappa shape index (κ1) is 31.7. The van der Waals surface area contributed by atoms with E-state index >= 15 is 0 Å². The molecule has 0 atom stereocenters. The highest BCUT2D eigenvalue weighted by molar-refractivity contribution is 5.90. The first-order chi connectivity index (χ1) is 21.1. The minimum Gasteiger partial charge on any atom is -0.423 e. The molecule has 0 fully saturated rings. The Hall–Kier alpha value is -4.70. The van der Waals surface area contributed by atoms with Gasteiger partial charge in [0.05, 0.1) is 5.41 Å². The van der Waals surface area contributed by atoms with Crippen LogP contribution in [0, 0.1) is 0 Å². The fourth-order valence-corrected chi connectivity index (χ4v) is 6.27. The summed E-state index contributed by atoms with van der Waals surface area (Å²) in [4.78, 5) is 25.3. The maximum absolute atomic E-state index is 12.7. The van der Waals surface area contributed by atoms with Gasteiger partial charge in [-0.05, 0) is 82.3 Å². The zero-order chi connectivity index (χ0) is 32.9. The van der Waals surface area contributed by atoms with Crippen LogP contribution in [0.2, 0.25) is 0 Å². The number of hydrogen-bond donors (Lipinski definition) is 0. The van der Waals surface area contributed by atoms with Crippen LogP contribution in [0.5, 0.6) is 11.5 Å². The summed E-state index contributed by atoms with van der Waals surface area (Å²) in [7, 11) is 0. The minimum absolute atomic E-state index is 0.337.